The number of carbonyl (C=O) groups is 1. The Hall–Kier alpha value is -3.69. The third-order valence-electron chi connectivity index (χ3n) is 6.39. The van der Waals surface area contributed by atoms with Crippen LogP contribution in [-0.2, 0) is 26.7 Å². The summed E-state index contributed by atoms with van der Waals surface area (Å²) in [6.45, 7) is 4.17. The summed E-state index contributed by atoms with van der Waals surface area (Å²) < 4.78 is 42.5. The molecule has 1 atom stereocenters. The van der Waals surface area contributed by atoms with Crippen molar-refractivity contribution in [3.05, 3.63) is 64.6 Å². The van der Waals surface area contributed by atoms with Crippen molar-refractivity contribution < 1.29 is 18.0 Å². The number of aryl methyl sites for hydroxylation is 3. The summed E-state index contributed by atoms with van der Waals surface area (Å²) in [4.78, 5) is 19.9. The van der Waals surface area contributed by atoms with E-state index in [1.165, 1.54) is 11.7 Å². The van der Waals surface area contributed by atoms with Gasteiger partial charge in [0.2, 0.25) is 0 Å². The molecule has 1 aliphatic rings. The van der Waals surface area contributed by atoms with Crippen LogP contribution < -0.4 is 0 Å². The number of hydrogen-bond donors (Lipinski definition) is 0. The number of nitrogens with zero attached hydrogens (tertiary/aromatic N) is 6. The summed E-state index contributed by atoms with van der Waals surface area (Å²) in [5.74, 6) is -0.119. The molecular weight excluding hydrogens is 445 g/mol. The average Bonchev–Trinajstić information content (AvgIpc) is 3.32. The number of alkyl halides is 3. The second kappa shape index (κ2) is 7.68. The lowest BCUT2D eigenvalue weighted by atomic mass is 9.96. The maximum Gasteiger partial charge on any atom is 0.435 e. The zero-order valence-corrected chi connectivity index (χ0v) is 19.2. The van der Waals surface area contributed by atoms with E-state index in [4.69, 9.17) is 0 Å². The maximum atomic E-state index is 13.6. The first-order valence-corrected chi connectivity index (χ1v) is 10.9. The van der Waals surface area contributed by atoms with E-state index in [1.54, 1.807) is 22.7 Å². The fraction of sp³-hybridized carbons (Fsp3) is 0.333. The number of amides is 1. The Morgan fingerprint density at radius 1 is 1.09 bits per heavy atom. The molecular formula is C24H23F3N6O. The smallest absolute Gasteiger partial charge is 0.330 e. The largest absolute Gasteiger partial charge is 0.435 e. The van der Waals surface area contributed by atoms with Gasteiger partial charge in [0.1, 0.15) is 0 Å². The second-order valence-corrected chi connectivity index (χ2v) is 8.63. The molecule has 0 unspecified atom stereocenters. The first-order chi connectivity index (χ1) is 16.1. The van der Waals surface area contributed by atoms with Gasteiger partial charge in [-0.15, -0.1) is 0 Å². The Bertz CT molecular complexity index is 1430. The number of para-hydroxylation sites is 1. The molecule has 7 nitrogen and oxygen atoms in total. The van der Waals surface area contributed by atoms with Gasteiger partial charge in [-0.1, -0.05) is 18.2 Å². The Balaban J connectivity index is 1.54. The first-order valence-electron chi connectivity index (χ1n) is 10.9. The van der Waals surface area contributed by atoms with Crippen LogP contribution in [0, 0.1) is 6.92 Å². The van der Waals surface area contributed by atoms with E-state index in [0.29, 0.717) is 35.6 Å². The third kappa shape index (κ3) is 3.44. The number of pyridine rings is 1. The maximum absolute atomic E-state index is 13.6. The minimum Gasteiger partial charge on any atom is -0.330 e. The number of benzene rings is 1. The van der Waals surface area contributed by atoms with Crippen molar-refractivity contribution in [3.8, 4) is 11.4 Å². The molecule has 0 saturated heterocycles. The van der Waals surface area contributed by atoms with Gasteiger partial charge in [0.25, 0.3) is 5.91 Å². The first kappa shape index (κ1) is 22.1. The van der Waals surface area contributed by atoms with E-state index in [-0.39, 0.29) is 11.9 Å². The monoisotopic (exact) mass is 468 g/mol. The predicted octanol–water partition coefficient (Wildman–Crippen LogP) is 4.46. The molecule has 3 aromatic heterocycles. The molecule has 1 aromatic carbocycles. The third-order valence-corrected chi connectivity index (χ3v) is 6.39. The van der Waals surface area contributed by atoms with E-state index in [1.807, 2.05) is 38.1 Å². The van der Waals surface area contributed by atoms with Crippen LogP contribution in [0.5, 0.6) is 0 Å². The van der Waals surface area contributed by atoms with Crippen LogP contribution >= 0.6 is 0 Å². The number of hydrogen-bond acceptors (Lipinski definition) is 4. The molecule has 0 radical (unpaired) electrons. The molecule has 0 N–H and O–H groups in total. The van der Waals surface area contributed by atoms with Crippen LogP contribution in [0.15, 0.2) is 36.4 Å². The van der Waals surface area contributed by atoms with Crippen molar-refractivity contribution in [2.24, 2.45) is 14.1 Å². The predicted molar refractivity (Wildman–Crippen MR) is 120 cm³/mol. The van der Waals surface area contributed by atoms with Crippen molar-refractivity contribution in [3.63, 3.8) is 0 Å². The van der Waals surface area contributed by atoms with E-state index < -0.39 is 11.9 Å². The van der Waals surface area contributed by atoms with Gasteiger partial charge in [0, 0.05) is 37.3 Å². The summed E-state index contributed by atoms with van der Waals surface area (Å²) in [6, 6.07) is 10.0. The molecule has 0 spiro atoms. The fourth-order valence-electron chi connectivity index (χ4n) is 4.81. The van der Waals surface area contributed by atoms with Crippen LogP contribution in [0.1, 0.15) is 46.0 Å². The van der Waals surface area contributed by atoms with Gasteiger partial charge in [0.05, 0.1) is 34.2 Å². The van der Waals surface area contributed by atoms with E-state index in [9.17, 15) is 18.0 Å². The number of rotatable bonds is 2. The van der Waals surface area contributed by atoms with Crippen LogP contribution in [0.3, 0.4) is 0 Å². The molecule has 1 aliphatic heterocycles. The molecule has 4 heterocycles. The molecule has 0 saturated carbocycles. The highest BCUT2D eigenvalue weighted by molar-refractivity contribution is 6.06. The SMILES string of the molecule is Cc1cc(C(=O)N2CCc3c(nn(C)c3-c3cc(C(F)(F)F)nn3C)[C@@H]2C)c2ccccc2n1. The number of carbonyl (C=O) groups excluding carboxylic acids is 1. The molecule has 5 rings (SSSR count). The lowest BCUT2D eigenvalue weighted by Gasteiger charge is -2.33. The van der Waals surface area contributed by atoms with Crippen LogP contribution in [0.4, 0.5) is 13.2 Å². The topological polar surface area (TPSA) is 68.8 Å². The van der Waals surface area contributed by atoms with Crippen molar-refractivity contribution >= 4 is 16.8 Å². The molecule has 10 heteroatoms. The van der Waals surface area contributed by atoms with Gasteiger partial charge in [-0.25, -0.2) is 0 Å². The van der Waals surface area contributed by atoms with E-state index in [2.05, 4.69) is 15.2 Å². The normalized spacial score (nSPS) is 16.2. The Morgan fingerprint density at radius 3 is 2.53 bits per heavy atom. The van der Waals surface area contributed by atoms with Gasteiger partial charge >= 0.3 is 6.18 Å². The highest BCUT2D eigenvalue weighted by Gasteiger charge is 2.37. The van der Waals surface area contributed by atoms with Crippen molar-refractivity contribution in [2.45, 2.75) is 32.5 Å². The number of aromatic nitrogens is 5. The molecule has 0 fully saturated rings. The van der Waals surface area contributed by atoms with Crippen LogP contribution in [-0.4, -0.2) is 41.9 Å². The summed E-state index contributed by atoms with van der Waals surface area (Å²) in [5, 5.41) is 9.05. The van der Waals surface area contributed by atoms with Crippen molar-refractivity contribution in [1.82, 2.24) is 29.4 Å². The molecule has 0 aliphatic carbocycles. The van der Waals surface area contributed by atoms with Crippen LogP contribution in [0.25, 0.3) is 22.3 Å². The zero-order chi connectivity index (χ0) is 24.4. The summed E-state index contributed by atoms with van der Waals surface area (Å²) in [6.07, 6.45) is -4.06. The Morgan fingerprint density at radius 2 is 1.82 bits per heavy atom. The van der Waals surface area contributed by atoms with Crippen molar-refractivity contribution in [1.29, 1.82) is 0 Å². The zero-order valence-electron chi connectivity index (χ0n) is 19.2. The number of halogens is 3. The van der Waals surface area contributed by atoms with Gasteiger partial charge in [-0.05, 0) is 38.5 Å². The molecule has 4 aromatic rings. The molecule has 34 heavy (non-hydrogen) atoms. The summed E-state index contributed by atoms with van der Waals surface area (Å²) in [5.41, 5.74) is 3.60. The lowest BCUT2D eigenvalue weighted by molar-refractivity contribution is -0.141. The average molecular weight is 468 g/mol. The second-order valence-electron chi connectivity index (χ2n) is 8.63. The standard InChI is InChI=1S/C24H23F3N6O/c1-13-11-17(15-7-5-6-8-18(15)28-13)23(34)33-10-9-16-21(14(33)2)30-32(4)22(16)19-12-20(24(25,26)27)29-31(19)3/h5-8,11-12,14H,9-10H2,1-4H3/t14-/m0/s1. The Labute approximate surface area is 193 Å². The van der Waals surface area contributed by atoms with E-state index in [0.717, 1.165) is 28.2 Å². The quantitative estimate of drug-likeness (QED) is 0.436. The summed E-state index contributed by atoms with van der Waals surface area (Å²) >= 11 is 0. The molecule has 176 valence electrons. The fourth-order valence-corrected chi connectivity index (χ4v) is 4.81. The van der Waals surface area contributed by atoms with E-state index >= 15 is 0 Å². The van der Waals surface area contributed by atoms with Gasteiger partial charge < -0.3 is 4.90 Å². The Kier molecular flexibility index (Phi) is 5.00. The minimum atomic E-state index is -4.53. The van der Waals surface area contributed by atoms with Gasteiger partial charge in [-0.3, -0.25) is 19.1 Å². The van der Waals surface area contributed by atoms with Crippen molar-refractivity contribution in [2.75, 3.05) is 6.54 Å². The van der Waals surface area contributed by atoms with Crippen LogP contribution in [0.2, 0.25) is 0 Å². The van der Waals surface area contributed by atoms with Gasteiger partial charge in [0.15, 0.2) is 5.69 Å². The molecule has 0 bridgehead atoms. The highest BCUT2D eigenvalue weighted by Crippen LogP contribution is 2.38. The lowest BCUT2D eigenvalue weighted by Crippen LogP contribution is -2.39. The molecule has 1 amide bonds. The minimum absolute atomic E-state index is 0.119. The number of fused-ring (bicyclic) bond motifs is 2. The highest BCUT2D eigenvalue weighted by atomic mass is 19.4. The summed E-state index contributed by atoms with van der Waals surface area (Å²) in [7, 11) is 3.19. The van der Waals surface area contributed by atoms with Gasteiger partial charge in [-0.2, -0.15) is 23.4 Å².